The van der Waals surface area contributed by atoms with Crippen LogP contribution in [0.2, 0.25) is 0 Å². The second-order valence-corrected chi connectivity index (χ2v) is 5.42. The van der Waals surface area contributed by atoms with Crippen LogP contribution >= 0.6 is 12.4 Å². The fraction of sp³-hybridized carbons (Fsp3) is 0.538. The molecule has 8 heteroatoms. The summed E-state index contributed by atoms with van der Waals surface area (Å²) in [6.07, 6.45) is -1.89. The smallest absolute Gasteiger partial charge is 0.311 e. The van der Waals surface area contributed by atoms with Gasteiger partial charge >= 0.3 is 6.18 Å². The Morgan fingerprint density at radius 3 is 2.48 bits per heavy atom. The van der Waals surface area contributed by atoms with E-state index in [0.717, 1.165) is 31.4 Å². The summed E-state index contributed by atoms with van der Waals surface area (Å²) in [5.41, 5.74) is -1.48. The number of nitrogens with zero attached hydrogens (tertiary/aromatic N) is 1. The average Bonchev–Trinajstić information content (AvgIpc) is 2.99. The Morgan fingerprint density at radius 1 is 1.29 bits per heavy atom. The standard InChI is InChI=1S/C13H13F3N2O2.ClH/c14-13(15,16)10-5-7(1-4-12(10)18(19)20)9-6-8-2-3-11(9)17-8;/h1,4-5,8-9,11,17H,2-3,6H2;1H. The Morgan fingerprint density at radius 2 is 2.00 bits per heavy atom. The number of hydrogen-bond acceptors (Lipinski definition) is 3. The number of rotatable bonds is 2. The SMILES string of the molecule is Cl.O=[N+]([O-])c1ccc(C2CC3CCC2N3)cc1C(F)(F)F. The van der Waals surface area contributed by atoms with Gasteiger partial charge in [-0.2, -0.15) is 13.2 Å². The van der Waals surface area contributed by atoms with Crippen LogP contribution in [0, 0.1) is 10.1 Å². The van der Waals surface area contributed by atoms with Gasteiger partial charge in [0.1, 0.15) is 5.56 Å². The molecular weight excluding hydrogens is 309 g/mol. The highest BCUT2D eigenvalue weighted by molar-refractivity contribution is 5.85. The Kier molecular flexibility index (Phi) is 4.17. The second kappa shape index (κ2) is 5.46. The molecule has 4 nitrogen and oxygen atoms in total. The van der Waals surface area contributed by atoms with Gasteiger partial charge in [-0.15, -0.1) is 12.4 Å². The molecule has 2 heterocycles. The zero-order chi connectivity index (χ0) is 14.5. The van der Waals surface area contributed by atoms with Gasteiger partial charge in [0.15, 0.2) is 0 Å². The molecule has 1 aromatic rings. The maximum Gasteiger partial charge on any atom is 0.423 e. The van der Waals surface area contributed by atoms with Crippen LogP contribution in [0.5, 0.6) is 0 Å². The lowest BCUT2D eigenvalue weighted by Gasteiger charge is -2.21. The molecule has 0 aliphatic carbocycles. The van der Waals surface area contributed by atoms with E-state index in [1.165, 1.54) is 6.07 Å². The predicted octanol–water partition coefficient (Wildman–Crippen LogP) is 3.64. The van der Waals surface area contributed by atoms with Gasteiger partial charge in [0.2, 0.25) is 0 Å². The minimum absolute atomic E-state index is 0. The molecule has 3 unspecified atom stereocenters. The molecular formula is C13H14ClF3N2O2. The fourth-order valence-corrected chi connectivity index (χ4v) is 3.36. The Balaban J connectivity index is 0.00000161. The van der Waals surface area contributed by atoms with Crippen molar-refractivity contribution in [1.29, 1.82) is 0 Å². The van der Waals surface area contributed by atoms with E-state index in [9.17, 15) is 23.3 Å². The minimum atomic E-state index is -4.70. The lowest BCUT2D eigenvalue weighted by molar-refractivity contribution is -0.388. The van der Waals surface area contributed by atoms with Gasteiger partial charge in [-0.05, 0) is 30.9 Å². The summed E-state index contributed by atoms with van der Waals surface area (Å²) in [5, 5.41) is 14.1. The Labute approximate surface area is 125 Å². The maximum atomic E-state index is 12.9. The summed E-state index contributed by atoms with van der Waals surface area (Å²) in [6, 6.07) is 3.95. The van der Waals surface area contributed by atoms with Crippen molar-refractivity contribution >= 4 is 18.1 Å². The van der Waals surface area contributed by atoms with Crippen molar-refractivity contribution in [3.8, 4) is 0 Å². The number of benzene rings is 1. The first-order valence-corrected chi connectivity index (χ1v) is 6.48. The molecule has 116 valence electrons. The third-order valence-electron chi connectivity index (χ3n) is 4.25. The quantitative estimate of drug-likeness (QED) is 0.668. The molecule has 0 saturated carbocycles. The van der Waals surface area contributed by atoms with Gasteiger partial charge in [-0.1, -0.05) is 6.07 Å². The van der Waals surface area contributed by atoms with Crippen LogP contribution in [0.25, 0.3) is 0 Å². The normalized spacial score (nSPS) is 27.5. The van der Waals surface area contributed by atoms with Gasteiger partial charge in [-0.25, -0.2) is 0 Å². The first-order valence-electron chi connectivity index (χ1n) is 6.48. The van der Waals surface area contributed by atoms with Crippen molar-refractivity contribution < 1.29 is 18.1 Å². The zero-order valence-electron chi connectivity index (χ0n) is 10.9. The molecule has 0 aromatic heterocycles. The van der Waals surface area contributed by atoms with Crippen molar-refractivity contribution in [3.05, 3.63) is 39.4 Å². The third-order valence-corrected chi connectivity index (χ3v) is 4.25. The lowest BCUT2D eigenvalue weighted by atomic mass is 9.83. The molecule has 21 heavy (non-hydrogen) atoms. The van der Waals surface area contributed by atoms with Crippen LogP contribution in [-0.4, -0.2) is 17.0 Å². The first kappa shape index (κ1) is 16.0. The molecule has 0 radical (unpaired) electrons. The minimum Gasteiger partial charge on any atom is -0.311 e. The molecule has 2 fully saturated rings. The molecule has 2 aliphatic rings. The second-order valence-electron chi connectivity index (χ2n) is 5.42. The molecule has 1 N–H and O–H groups in total. The van der Waals surface area contributed by atoms with E-state index in [1.807, 2.05) is 0 Å². The van der Waals surface area contributed by atoms with Crippen molar-refractivity contribution in [2.75, 3.05) is 0 Å². The summed E-state index contributed by atoms with van der Waals surface area (Å²) in [5.74, 6) is 0.0238. The van der Waals surface area contributed by atoms with E-state index >= 15 is 0 Å². The van der Waals surface area contributed by atoms with Gasteiger partial charge in [-0.3, -0.25) is 10.1 Å². The van der Waals surface area contributed by atoms with Crippen LogP contribution in [0.3, 0.4) is 0 Å². The maximum absolute atomic E-state index is 12.9. The van der Waals surface area contributed by atoms with Crippen LogP contribution in [0.4, 0.5) is 18.9 Å². The highest BCUT2D eigenvalue weighted by atomic mass is 35.5. The largest absolute Gasteiger partial charge is 0.423 e. The predicted molar refractivity (Wildman–Crippen MR) is 72.7 cm³/mol. The zero-order valence-corrected chi connectivity index (χ0v) is 11.7. The number of nitro groups is 1. The van der Waals surface area contributed by atoms with Gasteiger partial charge in [0.25, 0.3) is 5.69 Å². The molecule has 2 bridgehead atoms. The summed E-state index contributed by atoms with van der Waals surface area (Å²) in [6.45, 7) is 0. The number of hydrogen-bond donors (Lipinski definition) is 1. The number of alkyl halides is 3. The average molecular weight is 323 g/mol. The molecule has 3 rings (SSSR count). The van der Waals surface area contributed by atoms with Crippen LogP contribution in [0.15, 0.2) is 18.2 Å². The summed E-state index contributed by atoms with van der Waals surface area (Å²) in [7, 11) is 0. The number of nitro benzene ring substituents is 1. The molecule has 0 amide bonds. The lowest BCUT2D eigenvalue weighted by Crippen LogP contribution is -2.22. The number of fused-ring (bicyclic) bond motifs is 2. The Bertz CT molecular complexity index is 565. The van der Waals surface area contributed by atoms with E-state index < -0.39 is 22.4 Å². The van der Waals surface area contributed by atoms with E-state index in [2.05, 4.69) is 5.32 Å². The van der Waals surface area contributed by atoms with Crippen molar-refractivity contribution in [2.45, 2.75) is 43.4 Å². The Hall–Kier alpha value is -1.34. The molecule has 0 spiro atoms. The van der Waals surface area contributed by atoms with E-state index in [0.29, 0.717) is 11.6 Å². The van der Waals surface area contributed by atoms with Crippen molar-refractivity contribution in [2.24, 2.45) is 0 Å². The number of nitrogens with one attached hydrogen (secondary N) is 1. The highest BCUT2D eigenvalue weighted by Crippen LogP contribution is 2.43. The molecule has 2 saturated heterocycles. The van der Waals surface area contributed by atoms with Gasteiger partial charge in [0, 0.05) is 24.1 Å². The van der Waals surface area contributed by atoms with Gasteiger partial charge in [0.05, 0.1) is 4.92 Å². The monoisotopic (exact) mass is 322 g/mol. The molecule has 1 aromatic carbocycles. The van der Waals surface area contributed by atoms with Crippen LogP contribution in [0.1, 0.15) is 36.3 Å². The topological polar surface area (TPSA) is 55.2 Å². The summed E-state index contributed by atoms with van der Waals surface area (Å²) < 4.78 is 38.8. The van der Waals surface area contributed by atoms with E-state index in [-0.39, 0.29) is 24.4 Å². The highest BCUT2D eigenvalue weighted by Gasteiger charge is 2.42. The number of halogens is 4. The van der Waals surface area contributed by atoms with Gasteiger partial charge < -0.3 is 5.32 Å². The summed E-state index contributed by atoms with van der Waals surface area (Å²) >= 11 is 0. The summed E-state index contributed by atoms with van der Waals surface area (Å²) in [4.78, 5) is 9.74. The van der Waals surface area contributed by atoms with Crippen molar-refractivity contribution in [3.63, 3.8) is 0 Å². The van der Waals surface area contributed by atoms with Crippen LogP contribution < -0.4 is 5.32 Å². The van der Waals surface area contributed by atoms with Crippen LogP contribution in [-0.2, 0) is 6.18 Å². The molecule has 2 aliphatic heterocycles. The molecule has 3 atom stereocenters. The van der Waals surface area contributed by atoms with Crippen molar-refractivity contribution in [1.82, 2.24) is 5.32 Å². The van der Waals surface area contributed by atoms with E-state index in [4.69, 9.17) is 0 Å². The third kappa shape index (κ3) is 2.85. The fourth-order valence-electron chi connectivity index (χ4n) is 3.36. The first-order chi connectivity index (χ1) is 9.36. The van der Waals surface area contributed by atoms with E-state index in [1.54, 1.807) is 0 Å².